The first-order valence-corrected chi connectivity index (χ1v) is 6.15. The predicted molar refractivity (Wildman–Crippen MR) is 66.1 cm³/mol. The van der Waals surface area contributed by atoms with Crippen molar-refractivity contribution in [3.63, 3.8) is 0 Å². The first-order valence-electron chi connectivity index (χ1n) is 5.27. The van der Waals surface area contributed by atoms with E-state index in [9.17, 15) is 18.0 Å². The second-order valence-corrected chi connectivity index (χ2v) is 4.65. The minimum Gasteiger partial charge on any atom is -0.465 e. The smallest absolute Gasteiger partial charge is 0.416 e. The zero-order chi connectivity index (χ0) is 14.0. The molecule has 0 atom stereocenters. The van der Waals surface area contributed by atoms with Crippen LogP contribution in [0.5, 0.6) is 0 Å². The molecular weight excluding hydrogens is 277 g/mol. The molecular formula is C13H9F3O2S. The topological polar surface area (TPSA) is 26.3 Å². The van der Waals surface area contributed by atoms with Crippen LogP contribution in [-0.2, 0) is 10.9 Å². The Balaban J connectivity index is 2.49. The van der Waals surface area contributed by atoms with Gasteiger partial charge in [0, 0.05) is 5.56 Å². The summed E-state index contributed by atoms with van der Waals surface area (Å²) in [5.41, 5.74) is 0.0476. The first-order chi connectivity index (χ1) is 8.93. The van der Waals surface area contributed by atoms with Crippen LogP contribution in [0.25, 0.3) is 11.1 Å². The maximum atomic E-state index is 12.6. The quantitative estimate of drug-likeness (QED) is 0.773. The standard InChI is InChI=1S/C13H9F3O2S/c1-18-12(17)11-10(5-6-19-11)8-3-2-4-9(7-8)13(14,15)16/h2-7H,1H3. The predicted octanol–water partition coefficient (Wildman–Crippen LogP) is 4.22. The molecule has 1 aromatic heterocycles. The van der Waals surface area contributed by atoms with Crippen molar-refractivity contribution in [3.05, 3.63) is 46.2 Å². The van der Waals surface area contributed by atoms with Gasteiger partial charge >= 0.3 is 12.1 Å². The molecule has 0 aliphatic carbocycles. The summed E-state index contributed by atoms with van der Waals surface area (Å²) in [6.07, 6.45) is -4.41. The van der Waals surface area contributed by atoms with Crippen LogP contribution in [0.4, 0.5) is 13.2 Å². The highest BCUT2D eigenvalue weighted by atomic mass is 32.1. The third-order valence-electron chi connectivity index (χ3n) is 2.54. The number of alkyl halides is 3. The van der Waals surface area contributed by atoms with Crippen molar-refractivity contribution < 1.29 is 22.7 Å². The molecule has 6 heteroatoms. The summed E-state index contributed by atoms with van der Waals surface area (Å²) in [4.78, 5) is 11.8. The molecule has 1 heterocycles. The van der Waals surface area contributed by atoms with E-state index in [1.807, 2.05) is 0 Å². The number of thiophene rings is 1. The molecule has 2 aromatic rings. The van der Waals surface area contributed by atoms with Gasteiger partial charge in [0.15, 0.2) is 0 Å². The van der Waals surface area contributed by atoms with Crippen molar-refractivity contribution in [3.8, 4) is 11.1 Å². The fourth-order valence-corrected chi connectivity index (χ4v) is 2.48. The van der Waals surface area contributed by atoms with Crippen molar-refractivity contribution in [1.82, 2.24) is 0 Å². The van der Waals surface area contributed by atoms with Gasteiger partial charge in [-0.3, -0.25) is 0 Å². The molecule has 2 rings (SSSR count). The average Bonchev–Trinajstić information content (AvgIpc) is 2.86. The van der Waals surface area contributed by atoms with Gasteiger partial charge in [-0.25, -0.2) is 4.79 Å². The number of hydrogen-bond donors (Lipinski definition) is 0. The number of benzene rings is 1. The zero-order valence-electron chi connectivity index (χ0n) is 9.82. The van der Waals surface area contributed by atoms with Gasteiger partial charge in [-0.2, -0.15) is 13.2 Å². The summed E-state index contributed by atoms with van der Waals surface area (Å²) in [6, 6.07) is 6.47. The van der Waals surface area contributed by atoms with Gasteiger partial charge in [-0.1, -0.05) is 12.1 Å². The van der Waals surface area contributed by atoms with E-state index in [2.05, 4.69) is 4.74 Å². The summed E-state index contributed by atoms with van der Waals surface area (Å²) in [5.74, 6) is -0.553. The highest BCUT2D eigenvalue weighted by molar-refractivity contribution is 7.12. The van der Waals surface area contributed by atoms with Gasteiger partial charge in [0.25, 0.3) is 0 Å². The molecule has 0 N–H and O–H groups in total. The second kappa shape index (κ2) is 5.05. The summed E-state index contributed by atoms with van der Waals surface area (Å²) in [5, 5.41) is 1.64. The van der Waals surface area contributed by atoms with E-state index in [1.54, 1.807) is 11.4 Å². The number of rotatable bonds is 2. The summed E-state index contributed by atoms with van der Waals surface area (Å²) in [7, 11) is 1.23. The van der Waals surface area contributed by atoms with Crippen LogP contribution in [0.2, 0.25) is 0 Å². The number of halogens is 3. The van der Waals surface area contributed by atoms with E-state index in [1.165, 1.54) is 19.2 Å². The monoisotopic (exact) mass is 286 g/mol. The van der Waals surface area contributed by atoms with E-state index >= 15 is 0 Å². The molecule has 0 radical (unpaired) electrons. The lowest BCUT2D eigenvalue weighted by Crippen LogP contribution is -2.05. The molecule has 2 nitrogen and oxygen atoms in total. The average molecular weight is 286 g/mol. The summed E-state index contributed by atoms with van der Waals surface area (Å²) < 4.78 is 42.5. The Morgan fingerprint density at radius 2 is 2.00 bits per heavy atom. The normalized spacial score (nSPS) is 11.4. The Kier molecular flexibility index (Phi) is 3.61. The molecule has 0 aliphatic heterocycles. The maximum Gasteiger partial charge on any atom is 0.416 e. The van der Waals surface area contributed by atoms with Gasteiger partial charge in [-0.05, 0) is 29.1 Å². The number of methoxy groups -OCH3 is 1. The lowest BCUT2D eigenvalue weighted by atomic mass is 10.0. The third-order valence-corrected chi connectivity index (χ3v) is 3.43. The first kappa shape index (κ1) is 13.6. The molecule has 0 spiro atoms. The SMILES string of the molecule is COC(=O)c1sccc1-c1cccc(C(F)(F)F)c1. The van der Waals surface area contributed by atoms with Crippen molar-refractivity contribution in [1.29, 1.82) is 0 Å². The van der Waals surface area contributed by atoms with E-state index < -0.39 is 17.7 Å². The highest BCUT2D eigenvalue weighted by Crippen LogP contribution is 2.34. The fraction of sp³-hybridized carbons (Fsp3) is 0.154. The largest absolute Gasteiger partial charge is 0.465 e. The van der Waals surface area contributed by atoms with Gasteiger partial charge < -0.3 is 4.74 Å². The van der Waals surface area contributed by atoms with Gasteiger partial charge in [0.1, 0.15) is 4.88 Å². The number of carbonyl (C=O) groups is 1. The molecule has 1 aromatic carbocycles. The second-order valence-electron chi connectivity index (χ2n) is 3.73. The Morgan fingerprint density at radius 3 is 2.63 bits per heavy atom. The molecule has 0 aliphatic rings. The Hall–Kier alpha value is -1.82. The molecule has 0 bridgehead atoms. The van der Waals surface area contributed by atoms with Crippen molar-refractivity contribution in [2.45, 2.75) is 6.18 Å². The van der Waals surface area contributed by atoms with Crippen LogP contribution in [0.15, 0.2) is 35.7 Å². The fourth-order valence-electron chi connectivity index (χ4n) is 1.65. The zero-order valence-corrected chi connectivity index (χ0v) is 10.6. The van der Waals surface area contributed by atoms with Crippen LogP contribution in [-0.4, -0.2) is 13.1 Å². The lowest BCUT2D eigenvalue weighted by molar-refractivity contribution is -0.137. The van der Waals surface area contributed by atoms with E-state index in [0.29, 0.717) is 16.0 Å². The van der Waals surface area contributed by atoms with Crippen molar-refractivity contribution >= 4 is 17.3 Å². The number of hydrogen-bond acceptors (Lipinski definition) is 3. The van der Waals surface area contributed by atoms with Crippen LogP contribution < -0.4 is 0 Å². The van der Waals surface area contributed by atoms with Crippen LogP contribution >= 0.6 is 11.3 Å². The molecule has 0 fully saturated rings. The van der Waals surface area contributed by atoms with Gasteiger partial charge in [0.2, 0.25) is 0 Å². The minimum absolute atomic E-state index is 0.293. The molecule has 0 saturated carbocycles. The van der Waals surface area contributed by atoms with Crippen LogP contribution in [0.3, 0.4) is 0 Å². The van der Waals surface area contributed by atoms with E-state index in [-0.39, 0.29) is 0 Å². The number of carbonyl (C=O) groups excluding carboxylic acids is 1. The number of esters is 1. The van der Waals surface area contributed by atoms with Crippen LogP contribution in [0.1, 0.15) is 15.2 Å². The Morgan fingerprint density at radius 1 is 1.26 bits per heavy atom. The lowest BCUT2D eigenvalue weighted by Gasteiger charge is -2.08. The molecule has 0 saturated heterocycles. The molecule has 0 unspecified atom stereocenters. The highest BCUT2D eigenvalue weighted by Gasteiger charge is 2.30. The number of ether oxygens (including phenoxy) is 1. The van der Waals surface area contributed by atoms with Gasteiger partial charge in [0.05, 0.1) is 12.7 Å². The van der Waals surface area contributed by atoms with Gasteiger partial charge in [-0.15, -0.1) is 11.3 Å². The van der Waals surface area contributed by atoms with E-state index in [4.69, 9.17) is 0 Å². The maximum absolute atomic E-state index is 12.6. The summed E-state index contributed by atoms with van der Waals surface area (Å²) in [6.45, 7) is 0. The molecule has 19 heavy (non-hydrogen) atoms. The van der Waals surface area contributed by atoms with Crippen LogP contribution in [0, 0.1) is 0 Å². The summed E-state index contributed by atoms with van der Waals surface area (Å²) >= 11 is 1.13. The third kappa shape index (κ3) is 2.78. The molecule has 100 valence electrons. The Bertz CT molecular complexity index is 602. The van der Waals surface area contributed by atoms with Crippen molar-refractivity contribution in [2.75, 3.05) is 7.11 Å². The Labute approximate surface area is 111 Å². The van der Waals surface area contributed by atoms with E-state index in [0.717, 1.165) is 23.5 Å². The van der Waals surface area contributed by atoms with Crippen molar-refractivity contribution in [2.24, 2.45) is 0 Å². The molecule has 0 amide bonds. The minimum atomic E-state index is -4.41.